The summed E-state index contributed by atoms with van der Waals surface area (Å²) in [5, 5.41) is 9.08. The second-order valence-corrected chi connectivity index (χ2v) is 8.20. The largest absolute Gasteiger partial charge is 0.335 e. The number of benzene rings is 1. The molecule has 1 saturated heterocycles. The fourth-order valence-electron chi connectivity index (χ4n) is 4.58. The molecule has 2 fully saturated rings. The molecule has 4 rings (SSSR count). The van der Waals surface area contributed by atoms with E-state index in [9.17, 15) is 14.0 Å². The summed E-state index contributed by atoms with van der Waals surface area (Å²) in [6, 6.07) is 3.71. The molecule has 1 aliphatic carbocycles. The summed E-state index contributed by atoms with van der Waals surface area (Å²) in [5.41, 5.74) is 1.89. The molecule has 0 bridgehead atoms. The van der Waals surface area contributed by atoms with Gasteiger partial charge in [0.05, 0.1) is 11.6 Å². The van der Waals surface area contributed by atoms with Crippen LogP contribution < -0.4 is 16.0 Å². The van der Waals surface area contributed by atoms with E-state index in [1.54, 1.807) is 11.0 Å². The number of nitrogens with one attached hydrogen (secondary N) is 3. The third-order valence-corrected chi connectivity index (χ3v) is 6.23. The lowest BCUT2D eigenvalue weighted by Crippen LogP contribution is -2.49. The van der Waals surface area contributed by atoms with Crippen molar-refractivity contribution in [2.75, 3.05) is 25.0 Å². The molecule has 6 nitrogen and oxygen atoms in total. The molecule has 1 saturated carbocycles. The number of halogens is 1. The number of hydrogen-bond acceptors (Lipinski definition) is 3. The number of likely N-dealkylation sites (tertiary alicyclic amines) is 1. The highest BCUT2D eigenvalue weighted by Gasteiger charge is 2.30. The first-order valence-electron chi connectivity index (χ1n) is 10.5. The number of piperidine rings is 1. The number of hydrogen-bond donors (Lipinski definition) is 3. The number of carbonyl (C=O) groups is 2. The first kappa shape index (κ1) is 19.2. The fourth-order valence-corrected chi connectivity index (χ4v) is 4.58. The first-order chi connectivity index (χ1) is 13.6. The maximum Gasteiger partial charge on any atom is 0.317 e. The topological polar surface area (TPSA) is 73.5 Å². The minimum absolute atomic E-state index is 0.0724. The zero-order valence-electron chi connectivity index (χ0n) is 16.2. The van der Waals surface area contributed by atoms with Gasteiger partial charge < -0.3 is 20.9 Å². The quantitative estimate of drug-likeness (QED) is 0.746. The van der Waals surface area contributed by atoms with Gasteiger partial charge in [-0.05, 0) is 55.8 Å². The number of anilines is 1. The van der Waals surface area contributed by atoms with Crippen molar-refractivity contribution in [3.8, 4) is 0 Å². The van der Waals surface area contributed by atoms with E-state index >= 15 is 0 Å². The van der Waals surface area contributed by atoms with E-state index in [1.807, 2.05) is 6.07 Å². The number of amides is 3. The molecule has 2 aliphatic heterocycles. The van der Waals surface area contributed by atoms with Crippen molar-refractivity contribution in [1.82, 2.24) is 15.5 Å². The fraction of sp³-hybridized carbons (Fsp3) is 0.619. The molecule has 0 spiro atoms. The lowest BCUT2D eigenvalue weighted by Gasteiger charge is -2.33. The molecule has 2 heterocycles. The average molecular weight is 388 g/mol. The SMILES string of the molecule is O=C(Nc1ccc2c(c1F)CCNC2)C1CCCN(C(=O)NC2CCCC2)C1. The minimum atomic E-state index is -0.320. The van der Waals surface area contributed by atoms with Crippen LogP contribution in [-0.4, -0.2) is 42.5 Å². The molecule has 0 aromatic heterocycles. The van der Waals surface area contributed by atoms with Crippen LogP contribution in [0.4, 0.5) is 14.9 Å². The Morgan fingerprint density at radius 2 is 1.96 bits per heavy atom. The zero-order chi connectivity index (χ0) is 19.5. The first-order valence-corrected chi connectivity index (χ1v) is 10.5. The van der Waals surface area contributed by atoms with E-state index in [0.29, 0.717) is 31.6 Å². The van der Waals surface area contributed by atoms with E-state index in [0.717, 1.165) is 37.8 Å². The summed E-state index contributed by atoms with van der Waals surface area (Å²) in [7, 11) is 0. The average Bonchev–Trinajstić information content (AvgIpc) is 3.23. The highest BCUT2D eigenvalue weighted by molar-refractivity contribution is 5.93. The summed E-state index contributed by atoms with van der Waals surface area (Å²) in [4.78, 5) is 27.0. The summed E-state index contributed by atoms with van der Waals surface area (Å²) < 4.78 is 14.8. The van der Waals surface area contributed by atoms with E-state index in [1.165, 1.54) is 12.8 Å². The zero-order valence-corrected chi connectivity index (χ0v) is 16.2. The van der Waals surface area contributed by atoms with Crippen molar-refractivity contribution < 1.29 is 14.0 Å². The molecule has 3 aliphatic rings. The van der Waals surface area contributed by atoms with Crippen LogP contribution in [0.3, 0.4) is 0 Å². The van der Waals surface area contributed by atoms with Crippen molar-refractivity contribution in [3.63, 3.8) is 0 Å². The smallest absolute Gasteiger partial charge is 0.317 e. The van der Waals surface area contributed by atoms with Crippen molar-refractivity contribution in [1.29, 1.82) is 0 Å². The maximum absolute atomic E-state index is 14.8. The minimum Gasteiger partial charge on any atom is -0.335 e. The second-order valence-electron chi connectivity index (χ2n) is 8.20. The molecule has 0 radical (unpaired) electrons. The van der Waals surface area contributed by atoms with E-state index in [-0.39, 0.29) is 35.4 Å². The van der Waals surface area contributed by atoms with Crippen molar-refractivity contribution in [2.45, 2.75) is 57.5 Å². The van der Waals surface area contributed by atoms with Gasteiger partial charge in [0, 0.05) is 25.7 Å². The van der Waals surface area contributed by atoms with Crippen LogP contribution in [0, 0.1) is 11.7 Å². The van der Waals surface area contributed by atoms with Gasteiger partial charge in [0.25, 0.3) is 0 Å². The molecule has 28 heavy (non-hydrogen) atoms. The van der Waals surface area contributed by atoms with Crippen LogP contribution >= 0.6 is 0 Å². The third-order valence-electron chi connectivity index (χ3n) is 6.23. The number of urea groups is 1. The van der Waals surface area contributed by atoms with Crippen LogP contribution in [0.15, 0.2) is 12.1 Å². The molecule has 1 aromatic carbocycles. The highest BCUT2D eigenvalue weighted by atomic mass is 19.1. The van der Waals surface area contributed by atoms with Gasteiger partial charge in [-0.1, -0.05) is 18.9 Å². The molecule has 1 aromatic rings. The molecule has 1 atom stereocenters. The molecule has 3 amide bonds. The molecule has 7 heteroatoms. The Labute approximate surface area is 165 Å². The Morgan fingerprint density at radius 3 is 2.79 bits per heavy atom. The summed E-state index contributed by atoms with van der Waals surface area (Å²) >= 11 is 0. The molecule has 3 N–H and O–H groups in total. The molecule has 1 unspecified atom stereocenters. The van der Waals surface area contributed by atoms with Gasteiger partial charge in [-0.2, -0.15) is 0 Å². The number of rotatable bonds is 3. The third kappa shape index (κ3) is 4.14. The van der Waals surface area contributed by atoms with Gasteiger partial charge in [0.15, 0.2) is 0 Å². The van der Waals surface area contributed by atoms with Gasteiger partial charge in [-0.15, -0.1) is 0 Å². The van der Waals surface area contributed by atoms with Crippen molar-refractivity contribution >= 4 is 17.6 Å². The lowest BCUT2D eigenvalue weighted by atomic mass is 9.96. The molecular formula is C21H29FN4O2. The maximum atomic E-state index is 14.8. The van der Waals surface area contributed by atoms with E-state index < -0.39 is 0 Å². The molecule has 152 valence electrons. The van der Waals surface area contributed by atoms with Crippen LogP contribution in [0.25, 0.3) is 0 Å². The Bertz CT molecular complexity index is 748. The second kappa shape index (κ2) is 8.47. The van der Waals surface area contributed by atoms with Crippen molar-refractivity contribution in [3.05, 3.63) is 29.1 Å². The van der Waals surface area contributed by atoms with Crippen LogP contribution in [0.2, 0.25) is 0 Å². The monoisotopic (exact) mass is 388 g/mol. The van der Waals surface area contributed by atoms with Crippen LogP contribution in [0.5, 0.6) is 0 Å². The normalized spacial score (nSPS) is 22.6. The van der Waals surface area contributed by atoms with Crippen LogP contribution in [-0.2, 0) is 17.8 Å². The number of carbonyl (C=O) groups excluding carboxylic acids is 2. The van der Waals surface area contributed by atoms with Crippen LogP contribution in [0.1, 0.15) is 49.7 Å². The summed E-state index contributed by atoms with van der Waals surface area (Å²) in [6.45, 7) is 2.46. The van der Waals surface area contributed by atoms with Gasteiger partial charge in [-0.3, -0.25) is 4.79 Å². The van der Waals surface area contributed by atoms with Gasteiger partial charge in [0.1, 0.15) is 5.82 Å². The van der Waals surface area contributed by atoms with Gasteiger partial charge in [-0.25, -0.2) is 9.18 Å². The predicted molar refractivity (Wildman–Crippen MR) is 106 cm³/mol. The summed E-state index contributed by atoms with van der Waals surface area (Å²) in [5.74, 6) is -0.828. The number of nitrogens with zero attached hydrogens (tertiary/aromatic N) is 1. The Kier molecular flexibility index (Phi) is 5.80. The van der Waals surface area contributed by atoms with E-state index in [2.05, 4.69) is 16.0 Å². The lowest BCUT2D eigenvalue weighted by molar-refractivity contribution is -0.121. The Morgan fingerprint density at radius 1 is 1.14 bits per heavy atom. The Hall–Kier alpha value is -2.15. The van der Waals surface area contributed by atoms with Crippen molar-refractivity contribution in [2.24, 2.45) is 5.92 Å². The standard InChI is InChI=1S/C21H29FN4O2/c22-19-17-9-10-23-12-14(17)7-8-18(19)25-20(27)15-4-3-11-26(13-15)21(28)24-16-5-1-2-6-16/h7-8,15-16,23H,1-6,9-13H2,(H,24,28)(H,25,27). The van der Waals surface area contributed by atoms with E-state index in [4.69, 9.17) is 0 Å². The highest BCUT2D eigenvalue weighted by Crippen LogP contribution is 2.26. The predicted octanol–water partition coefficient (Wildman–Crippen LogP) is 2.77. The summed E-state index contributed by atoms with van der Waals surface area (Å²) in [6.07, 6.45) is 6.54. The Balaban J connectivity index is 1.37. The number of fused-ring (bicyclic) bond motifs is 1. The molecular weight excluding hydrogens is 359 g/mol. The van der Waals surface area contributed by atoms with Gasteiger partial charge >= 0.3 is 6.03 Å². The van der Waals surface area contributed by atoms with Gasteiger partial charge in [0.2, 0.25) is 5.91 Å².